The number of benzene rings is 1. The topological polar surface area (TPSA) is 53.6 Å². The van der Waals surface area contributed by atoms with Crippen molar-refractivity contribution in [1.82, 2.24) is 15.5 Å². The zero-order valence-electron chi connectivity index (χ0n) is 17.0. The molecule has 1 aromatic carbocycles. The maximum absolute atomic E-state index is 12.6. The van der Waals surface area contributed by atoms with Gasteiger partial charge in [-0.05, 0) is 62.4 Å². The first-order valence-electron chi connectivity index (χ1n) is 9.96. The van der Waals surface area contributed by atoms with E-state index < -0.39 is 5.60 Å². The number of methoxy groups -OCH3 is 1. The number of carbonyl (C=O) groups excluding carboxylic acids is 1. The number of ether oxygens (including phenoxy) is 1. The van der Waals surface area contributed by atoms with Gasteiger partial charge in [0.1, 0.15) is 5.60 Å². The number of hydrogen-bond acceptors (Lipinski definition) is 4. The third-order valence-corrected chi connectivity index (χ3v) is 5.84. The van der Waals surface area contributed by atoms with Gasteiger partial charge in [-0.25, -0.2) is 0 Å². The Balaban J connectivity index is 0.00000196. The molecule has 2 heterocycles. The number of hydrogen-bond donors (Lipinski definition) is 2. The van der Waals surface area contributed by atoms with Crippen LogP contribution >= 0.6 is 24.8 Å². The minimum Gasteiger partial charge on any atom is -0.368 e. The summed E-state index contributed by atoms with van der Waals surface area (Å²) in [6.45, 7) is 7.97. The number of halogens is 2. The predicted octanol–water partition coefficient (Wildman–Crippen LogP) is 3.15. The van der Waals surface area contributed by atoms with Crippen molar-refractivity contribution in [2.75, 3.05) is 33.3 Å². The summed E-state index contributed by atoms with van der Waals surface area (Å²) in [5.74, 6) is 0.814. The van der Waals surface area contributed by atoms with Gasteiger partial charge in [0.05, 0.1) is 0 Å². The van der Waals surface area contributed by atoms with Crippen molar-refractivity contribution in [3.63, 3.8) is 0 Å². The van der Waals surface area contributed by atoms with Gasteiger partial charge in [0, 0.05) is 26.7 Å². The van der Waals surface area contributed by atoms with Gasteiger partial charge in [0.2, 0.25) is 0 Å². The Morgan fingerprint density at radius 1 is 1.21 bits per heavy atom. The fourth-order valence-electron chi connectivity index (χ4n) is 4.15. The summed E-state index contributed by atoms with van der Waals surface area (Å²) >= 11 is 0. The first-order chi connectivity index (χ1) is 12.6. The third-order valence-electron chi connectivity index (χ3n) is 5.84. The van der Waals surface area contributed by atoms with Crippen molar-refractivity contribution in [1.29, 1.82) is 0 Å². The van der Waals surface area contributed by atoms with E-state index in [-0.39, 0.29) is 30.7 Å². The molecule has 0 saturated carbocycles. The van der Waals surface area contributed by atoms with Gasteiger partial charge in [-0.3, -0.25) is 9.69 Å². The molecule has 3 rings (SSSR count). The fraction of sp³-hybridized carbons (Fsp3) is 0.667. The molecule has 7 heteroatoms. The highest BCUT2D eigenvalue weighted by molar-refractivity contribution is 5.86. The Morgan fingerprint density at radius 3 is 2.46 bits per heavy atom. The van der Waals surface area contributed by atoms with Gasteiger partial charge < -0.3 is 15.4 Å². The normalized spacial score (nSPS) is 21.9. The minimum absolute atomic E-state index is 0. The number of amides is 1. The Labute approximate surface area is 181 Å². The molecule has 0 spiro atoms. The Kier molecular flexibility index (Phi) is 10.8. The van der Waals surface area contributed by atoms with Crippen molar-refractivity contribution >= 4 is 30.7 Å². The van der Waals surface area contributed by atoms with Crippen LogP contribution in [0.4, 0.5) is 0 Å². The molecule has 1 amide bonds. The van der Waals surface area contributed by atoms with Crippen LogP contribution in [0.1, 0.15) is 43.7 Å². The largest absolute Gasteiger partial charge is 0.368 e. The smallest absolute Gasteiger partial charge is 0.252 e. The molecular weight excluding hydrogens is 397 g/mol. The molecule has 1 atom stereocenters. The molecule has 0 bridgehead atoms. The van der Waals surface area contributed by atoms with Gasteiger partial charge in [-0.2, -0.15) is 0 Å². The number of likely N-dealkylation sites (tertiary alicyclic amines) is 1. The van der Waals surface area contributed by atoms with Crippen LogP contribution in [0.2, 0.25) is 0 Å². The highest BCUT2D eigenvalue weighted by atomic mass is 35.5. The lowest BCUT2D eigenvalue weighted by Crippen LogP contribution is -2.53. The van der Waals surface area contributed by atoms with E-state index in [1.807, 2.05) is 0 Å². The molecule has 2 aliphatic rings. The number of carbonyl (C=O) groups is 1. The Morgan fingerprint density at radius 2 is 1.86 bits per heavy atom. The molecule has 160 valence electrons. The molecule has 28 heavy (non-hydrogen) atoms. The molecule has 2 fully saturated rings. The van der Waals surface area contributed by atoms with Gasteiger partial charge in [0.15, 0.2) is 0 Å². The van der Waals surface area contributed by atoms with E-state index in [0.29, 0.717) is 6.54 Å². The van der Waals surface area contributed by atoms with E-state index >= 15 is 0 Å². The van der Waals surface area contributed by atoms with Gasteiger partial charge in [-0.1, -0.05) is 31.2 Å². The van der Waals surface area contributed by atoms with Crippen molar-refractivity contribution < 1.29 is 9.53 Å². The summed E-state index contributed by atoms with van der Waals surface area (Å²) in [6.07, 6.45) is 4.11. The number of nitrogens with zero attached hydrogens (tertiary/aromatic N) is 1. The van der Waals surface area contributed by atoms with E-state index in [4.69, 9.17) is 4.74 Å². The van der Waals surface area contributed by atoms with Crippen molar-refractivity contribution in [2.24, 2.45) is 5.92 Å². The summed E-state index contributed by atoms with van der Waals surface area (Å²) in [7, 11) is 1.64. The van der Waals surface area contributed by atoms with E-state index in [1.165, 1.54) is 31.5 Å². The molecule has 2 aliphatic heterocycles. The SMILES string of the molecule is COC1(C(=O)NCc2ccc(CN3CCCC(C)C3)cc2)CCNCC1.Cl.Cl. The molecule has 2 N–H and O–H groups in total. The van der Waals surface area contributed by atoms with Crippen LogP contribution in [-0.2, 0) is 22.6 Å². The molecule has 1 unspecified atom stereocenters. The third kappa shape index (κ3) is 6.60. The van der Waals surface area contributed by atoms with E-state index in [0.717, 1.165) is 44.0 Å². The second-order valence-corrected chi connectivity index (χ2v) is 7.93. The number of rotatable bonds is 6. The Hall–Kier alpha value is -0.850. The zero-order chi connectivity index (χ0) is 18.4. The minimum atomic E-state index is -0.670. The summed E-state index contributed by atoms with van der Waals surface area (Å²) < 4.78 is 5.58. The molecular formula is C21H35Cl2N3O2. The lowest BCUT2D eigenvalue weighted by molar-refractivity contribution is -0.146. The molecule has 0 aliphatic carbocycles. The van der Waals surface area contributed by atoms with Crippen LogP contribution in [0.25, 0.3) is 0 Å². The maximum Gasteiger partial charge on any atom is 0.252 e. The molecule has 0 radical (unpaired) electrons. The number of piperidine rings is 2. The van der Waals surface area contributed by atoms with E-state index in [9.17, 15) is 4.79 Å². The first-order valence-corrected chi connectivity index (χ1v) is 9.96. The summed E-state index contributed by atoms with van der Waals surface area (Å²) in [5, 5.41) is 6.35. The highest BCUT2D eigenvalue weighted by Gasteiger charge is 2.39. The van der Waals surface area contributed by atoms with Crippen molar-refractivity contribution in [3.8, 4) is 0 Å². The first kappa shape index (κ1) is 25.2. The fourth-order valence-corrected chi connectivity index (χ4v) is 4.15. The molecule has 1 aromatic rings. The van der Waals surface area contributed by atoms with Gasteiger partial charge in [-0.15, -0.1) is 24.8 Å². The lowest BCUT2D eigenvalue weighted by atomic mass is 9.91. The van der Waals surface area contributed by atoms with Crippen LogP contribution in [0.5, 0.6) is 0 Å². The van der Waals surface area contributed by atoms with Gasteiger partial charge in [0.25, 0.3) is 5.91 Å². The van der Waals surface area contributed by atoms with Crippen molar-refractivity contribution in [2.45, 2.75) is 51.3 Å². The van der Waals surface area contributed by atoms with Gasteiger partial charge >= 0.3 is 0 Å². The Bertz CT molecular complexity index is 592. The molecule has 0 aromatic heterocycles. The molecule has 5 nitrogen and oxygen atoms in total. The average Bonchev–Trinajstić information content (AvgIpc) is 2.68. The zero-order valence-corrected chi connectivity index (χ0v) is 18.7. The monoisotopic (exact) mass is 431 g/mol. The standard InChI is InChI=1S/C21H33N3O2.2ClH/c1-17-4-3-13-24(15-17)16-19-7-5-18(6-8-19)14-23-20(25)21(26-2)9-11-22-12-10-21;;/h5-8,17,22H,3-4,9-16H2,1-2H3,(H,23,25);2*1H. The highest BCUT2D eigenvalue weighted by Crippen LogP contribution is 2.23. The second kappa shape index (κ2) is 12.0. The van der Waals surface area contributed by atoms with E-state index in [2.05, 4.69) is 46.7 Å². The number of nitrogens with one attached hydrogen (secondary N) is 2. The van der Waals surface area contributed by atoms with Crippen LogP contribution in [0.3, 0.4) is 0 Å². The quantitative estimate of drug-likeness (QED) is 0.725. The summed E-state index contributed by atoms with van der Waals surface area (Å²) in [6, 6.07) is 8.64. The average molecular weight is 432 g/mol. The van der Waals surface area contributed by atoms with Crippen LogP contribution in [0.15, 0.2) is 24.3 Å². The summed E-state index contributed by atoms with van der Waals surface area (Å²) in [5.41, 5.74) is 1.81. The van der Waals surface area contributed by atoms with Crippen molar-refractivity contribution in [3.05, 3.63) is 35.4 Å². The second-order valence-electron chi connectivity index (χ2n) is 7.93. The maximum atomic E-state index is 12.6. The lowest BCUT2D eigenvalue weighted by Gasteiger charge is -2.34. The molecule has 2 saturated heterocycles. The van der Waals surface area contributed by atoms with E-state index in [1.54, 1.807) is 7.11 Å². The van der Waals surface area contributed by atoms with Crippen LogP contribution < -0.4 is 10.6 Å². The summed E-state index contributed by atoms with van der Waals surface area (Å²) in [4.78, 5) is 15.2. The van der Waals surface area contributed by atoms with Crippen LogP contribution in [0, 0.1) is 5.92 Å². The predicted molar refractivity (Wildman–Crippen MR) is 118 cm³/mol. The van der Waals surface area contributed by atoms with Crippen LogP contribution in [-0.4, -0.2) is 49.7 Å².